The minimum Gasteiger partial charge on any atom is -0.496 e. The molecule has 0 heterocycles. The Balaban J connectivity index is 2.21. The summed E-state index contributed by atoms with van der Waals surface area (Å²) in [6, 6.07) is 18.8. The first-order chi connectivity index (χ1) is 10.2. The van der Waals surface area contributed by atoms with Gasteiger partial charge < -0.3 is 9.47 Å². The molecule has 0 bridgehead atoms. The summed E-state index contributed by atoms with van der Waals surface area (Å²) in [5.41, 5.74) is 3.64. The predicted octanol–water partition coefficient (Wildman–Crippen LogP) is 4.83. The van der Waals surface area contributed by atoms with Crippen molar-refractivity contribution in [2.24, 2.45) is 0 Å². The number of methoxy groups -OCH3 is 2. The van der Waals surface area contributed by atoms with Crippen molar-refractivity contribution in [1.82, 2.24) is 0 Å². The van der Waals surface area contributed by atoms with E-state index in [4.69, 9.17) is 9.47 Å². The molecule has 0 amide bonds. The van der Waals surface area contributed by atoms with Crippen molar-refractivity contribution in [2.45, 2.75) is 6.92 Å². The third-order valence-corrected chi connectivity index (χ3v) is 3.76. The summed E-state index contributed by atoms with van der Waals surface area (Å²) >= 11 is 0. The average Bonchev–Trinajstić information content (AvgIpc) is 2.54. The van der Waals surface area contributed by atoms with Gasteiger partial charge in [-0.1, -0.05) is 35.9 Å². The molecule has 0 saturated carbocycles. The zero-order valence-corrected chi connectivity index (χ0v) is 12.5. The van der Waals surface area contributed by atoms with Crippen molar-refractivity contribution in [1.29, 1.82) is 0 Å². The second kappa shape index (κ2) is 5.49. The van der Waals surface area contributed by atoms with Gasteiger partial charge in [0.1, 0.15) is 11.5 Å². The molecule has 2 heteroatoms. The molecule has 0 radical (unpaired) electrons. The highest BCUT2D eigenvalue weighted by molar-refractivity contribution is 5.96. The Morgan fingerprint density at radius 3 is 1.81 bits per heavy atom. The average molecular weight is 278 g/mol. The van der Waals surface area contributed by atoms with Gasteiger partial charge in [0.05, 0.1) is 14.2 Å². The number of hydrogen-bond acceptors (Lipinski definition) is 2. The molecule has 3 aromatic rings. The molecule has 0 N–H and O–H groups in total. The van der Waals surface area contributed by atoms with E-state index in [0.29, 0.717) is 0 Å². The lowest BCUT2D eigenvalue weighted by Gasteiger charge is -2.11. The molecule has 0 unspecified atom stereocenters. The monoisotopic (exact) mass is 278 g/mol. The zero-order valence-electron chi connectivity index (χ0n) is 12.5. The second-order valence-electron chi connectivity index (χ2n) is 5.10. The normalized spacial score (nSPS) is 10.6. The third kappa shape index (κ3) is 2.45. The van der Waals surface area contributed by atoms with Crippen molar-refractivity contribution >= 4 is 10.8 Å². The van der Waals surface area contributed by atoms with Gasteiger partial charge in [-0.3, -0.25) is 0 Å². The lowest BCUT2D eigenvalue weighted by atomic mass is 9.99. The number of aryl methyl sites for hydroxylation is 1. The van der Waals surface area contributed by atoms with E-state index in [0.717, 1.165) is 22.3 Å². The number of fused-ring (bicyclic) bond motifs is 1. The van der Waals surface area contributed by atoms with Gasteiger partial charge in [0.2, 0.25) is 0 Å². The van der Waals surface area contributed by atoms with Crippen molar-refractivity contribution < 1.29 is 9.47 Å². The van der Waals surface area contributed by atoms with Crippen molar-refractivity contribution in [3.8, 4) is 22.6 Å². The van der Waals surface area contributed by atoms with Crippen LogP contribution in [-0.4, -0.2) is 14.2 Å². The molecule has 0 aliphatic heterocycles. The third-order valence-electron chi connectivity index (χ3n) is 3.76. The fourth-order valence-electron chi connectivity index (χ4n) is 2.58. The first-order valence-electron chi connectivity index (χ1n) is 6.94. The standard InChI is InChI=1S/C19H18O2/c1-13-4-6-14(7-5-13)15-8-9-16-17(12-15)19(21-3)11-10-18(16)20-2/h4-12H,1-3H3. The Kier molecular flexibility index (Phi) is 3.53. The quantitative estimate of drug-likeness (QED) is 0.683. The van der Waals surface area contributed by atoms with E-state index in [-0.39, 0.29) is 0 Å². The highest BCUT2D eigenvalue weighted by Crippen LogP contribution is 2.35. The molecule has 0 saturated heterocycles. The molecular formula is C19H18O2. The first-order valence-corrected chi connectivity index (χ1v) is 6.94. The van der Waals surface area contributed by atoms with Crippen molar-refractivity contribution in [3.63, 3.8) is 0 Å². The summed E-state index contributed by atoms with van der Waals surface area (Å²) < 4.78 is 10.9. The molecular weight excluding hydrogens is 260 g/mol. The summed E-state index contributed by atoms with van der Waals surface area (Å²) in [6.45, 7) is 2.10. The van der Waals surface area contributed by atoms with Crippen LogP contribution in [0.15, 0.2) is 54.6 Å². The predicted molar refractivity (Wildman–Crippen MR) is 87.2 cm³/mol. The van der Waals surface area contributed by atoms with Gasteiger partial charge in [0.25, 0.3) is 0 Å². The summed E-state index contributed by atoms with van der Waals surface area (Å²) in [6.07, 6.45) is 0. The number of hydrogen-bond donors (Lipinski definition) is 0. The minimum atomic E-state index is 0.861. The summed E-state index contributed by atoms with van der Waals surface area (Å²) in [4.78, 5) is 0. The fourth-order valence-corrected chi connectivity index (χ4v) is 2.58. The first kappa shape index (κ1) is 13.5. The fraction of sp³-hybridized carbons (Fsp3) is 0.158. The lowest BCUT2D eigenvalue weighted by molar-refractivity contribution is 0.410. The zero-order chi connectivity index (χ0) is 14.8. The molecule has 0 aliphatic rings. The maximum atomic E-state index is 5.48. The molecule has 2 nitrogen and oxygen atoms in total. The highest BCUT2D eigenvalue weighted by Gasteiger charge is 2.08. The van der Waals surface area contributed by atoms with E-state index in [1.54, 1.807) is 14.2 Å². The number of ether oxygens (including phenoxy) is 2. The van der Waals surface area contributed by atoms with E-state index in [1.807, 2.05) is 12.1 Å². The SMILES string of the molecule is COc1ccc(OC)c2cc(-c3ccc(C)cc3)ccc12. The van der Waals surface area contributed by atoms with Gasteiger partial charge in [-0.2, -0.15) is 0 Å². The topological polar surface area (TPSA) is 18.5 Å². The smallest absolute Gasteiger partial charge is 0.126 e. The van der Waals surface area contributed by atoms with Gasteiger partial charge in [-0.05, 0) is 42.3 Å². The molecule has 0 aliphatic carbocycles. The summed E-state index contributed by atoms with van der Waals surface area (Å²) in [7, 11) is 3.38. The van der Waals surface area contributed by atoms with Crippen LogP contribution in [-0.2, 0) is 0 Å². The molecule has 0 aromatic heterocycles. The van der Waals surface area contributed by atoms with E-state index < -0.39 is 0 Å². The number of rotatable bonds is 3. The van der Waals surface area contributed by atoms with Gasteiger partial charge in [-0.25, -0.2) is 0 Å². The Hall–Kier alpha value is -2.48. The van der Waals surface area contributed by atoms with Crippen LogP contribution < -0.4 is 9.47 Å². The summed E-state index contributed by atoms with van der Waals surface area (Å²) in [5.74, 6) is 1.72. The maximum Gasteiger partial charge on any atom is 0.126 e. The molecule has 0 spiro atoms. The Labute approximate surface area is 124 Å². The maximum absolute atomic E-state index is 5.48. The van der Waals surface area contributed by atoms with Crippen molar-refractivity contribution in [2.75, 3.05) is 14.2 Å². The molecule has 0 atom stereocenters. The minimum absolute atomic E-state index is 0.861. The van der Waals surface area contributed by atoms with Crippen LogP contribution in [0.3, 0.4) is 0 Å². The Bertz CT molecular complexity index is 773. The Morgan fingerprint density at radius 2 is 1.19 bits per heavy atom. The van der Waals surface area contributed by atoms with Gasteiger partial charge in [0, 0.05) is 10.8 Å². The van der Waals surface area contributed by atoms with Crippen LogP contribution in [0, 0.1) is 6.92 Å². The van der Waals surface area contributed by atoms with E-state index >= 15 is 0 Å². The second-order valence-corrected chi connectivity index (χ2v) is 5.10. The van der Waals surface area contributed by atoms with Crippen LogP contribution in [0.5, 0.6) is 11.5 Å². The molecule has 3 aromatic carbocycles. The van der Waals surface area contributed by atoms with Crippen LogP contribution in [0.4, 0.5) is 0 Å². The van der Waals surface area contributed by atoms with E-state index in [1.165, 1.54) is 16.7 Å². The van der Waals surface area contributed by atoms with Gasteiger partial charge >= 0.3 is 0 Å². The van der Waals surface area contributed by atoms with E-state index in [2.05, 4.69) is 49.4 Å². The van der Waals surface area contributed by atoms with E-state index in [9.17, 15) is 0 Å². The molecule has 106 valence electrons. The van der Waals surface area contributed by atoms with Crippen LogP contribution in [0.2, 0.25) is 0 Å². The van der Waals surface area contributed by atoms with Gasteiger partial charge in [0.15, 0.2) is 0 Å². The van der Waals surface area contributed by atoms with Crippen LogP contribution in [0.25, 0.3) is 21.9 Å². The molecule has 3 rings (SSSR count). The van der Waals surface area contributed by atoms with Gasteiger partial charge in [-0.15, -0.1) is 0 Å². The molecule has 21 heavy (non-hydrogen) atoms. The largest absolute Gasteiger partial charge is 0.496 e. The highest BCUT2D eigenvalue weighted by atomic mass is 16.5. The van der Waals surface area contributed by atoms with Crippen LogP contribution in [0.1, 0.15) is 5.56 Å². The van der Waals surface area contributed by atoms with Crippen LogP contribution >= 0.6 is 0 Å². The lowest BCUT2D eigenvalue weighted by Crippen LogP contribution is -1.90. The number of benzene rings is 3. The molecule has 0 fully saturated rings. The van der Waals surface area contributed by atoms with Crippen molar-refractivity contribution in [3.05, 3.63) is 60.2 Å². The summed E-state index contributed by atoms with van der Waals surface area (Å²) in [5, 5.41) is 2.13. The Morgan fingerprint density at radius 1 is 0.619 bits per heavy atom.